The number of rotatable bonds is 5. The van der Waals surface area contributed by atoms with Gasteiger partial charge in [0.15, 0.2) is 0 Å². The Kier molecular flexibility index (Phi) is 6.21. The van der Waals surface area contributed by atoms with Crippen LogP contribution < -0.4 is 11.5 Å². The van der Waals surface area contributed by atoms with Crippen molar-refractivity contribution in [2.24, 2.45) is 17.6 Å². The molecule has 7 nitrogen and oxygen atoms in total. The van der Waals surface area contributed by atoms with Crippen LogP contribution >= 0.6 is 0 Å². The Morgan fingerprint density at radius 2 is 1.78 bits per heavy atom. The Hall–Kier alpha value is -3.29. The summed E-state index contributed by atoms with van der Waals surface area (Å²) in [6.07, 6.45) is 10.2. The number of hydrogen-bond donors (Lipinski definition) is 3. The van der Waals surface area contributed by atoms with Crippen LogP contribution in [0.15, 0.2) is 54.9 Å². The number of piperidine rings is 1. The highest BCUT2D eigenvalue weighted by molar-refractivity contribution is 5.83. The molecule has 1 aliphatic heterocycles. The monoisotopic (exact) mass is 497 g/mol. The number of benzene rings is 2. The molecule has 192 valence electrons. The van der Waals surface area contributed by atoms with Crippen LogP contribution in [0.4, 0.5) is 5.69 Å². The van der Waals surface area contributed by atoms with E-state index in [0.29, 0.717) is 6.54 Å². The topological polar surface area (TPSA) is 118 Å². The van der Waals surface area contributed by atoms with E-state index < -0.39 is 5.97 Å². The summed E-state index contributed by atoms with van der Waals surface area (Å²) in [5.41, 5.74) is 19.7. The summed E-state index contributed by atoms with van der Waals surface area (Å²) in [7, 11) is 0. The second kappa shape index (κ2) is 9.54. The summed E-state index contributed by atoms with van der Waals surface area (Å²) in [5, 5.41) is 8.97. The fraction of sp³-hybridized carbons (Fsp3) is 0.433. The molecular formula is C30H35N5O2. The molecule has 3 aromatic rings. The van der Waals surface area contributed by atoms with Gasteiger partial charge in [0.05, 0.1) is 11.3 Å². The first-order chi connectivity index (χ1) is 18.0. The summed E-state index contributed by atoms with van der Waals surface area (Å²) < 4.78 is 0. The average Bonchev–Trinajstić information content (AvgIpc) is 3.85. The molecule has 3 aliphatic carbocycles. The maximum atomic E-state index is 10.9. The number of nitrogens with zero attached hydrogens (tertiary/aromatic N) is 3. The van der Waals surface area contributed by atoms with Crippen LogP contribution in [0.2, 0.25) is 0 Å². The van der Waals surface area contributed by atoms with E-state index in [4.69, 9.17) is 16.6 Å². The van der Waals surface area contributed by atoms with Gasteiger partial charge in [0, 0.05) is 43.6 Å². The summed E-state index contributed by atoms with van der Waals surface area (Å²) >= 11 is 0. The number of carbonyl (C=O) groups is 1. The second-order valence-corrected chi connectivity index (χ2v) is 11.1. The van der Waals surface area contributed by atoms with Crippen LogP contribution in [0.3, 0.4) is 0 Å². The fourth-order valence-corrected chi connectivity index (χ4v) is 6.07. The largest absolute Gasteiger partial charge is 0.481 e. The molecule has 7 heteroatoms. The minimum absolute atomic E-state index is 0.0743. The molecule has 1 aromatic heterocycles. The van der Waals surface area contributed by atoms with Crippen LogP contribution in [0, 0.1) is 11.8 Å². The molecule has 2 heterocycles. The molecule has 0 radical (unpaired) electrons. The van der Waals surface area contributed by atoms with Crippen molar-refractivity contribution in [2.75, 3.05) is 25.4 Å². The fourth-order valence-electron chi connectivity index (χ4n) is 6.07. The summed E-state index contributed by atoms with van der Waals surface area (Å²) in [5.74, 6) is 0.640. The van der Waals surface area contributed by atoms with E-state index >= 15 is 0 Å². The molecule has 3 fully saturated rings. The Balaban J connectivity index is 0.000000155. The zero-order valence-corrected chi connectivity index (χ0v) is 21.1. The van der Waals surface area contributed by atoms with Crippen molar-refractivity contribution in [3.8, 4) is 11.1 Å². The van der Waals surface area contributed by atoms with Crippen molar-refractivity contribution in [3.63, 3.8) is 0 Å². The maximum absolute atomic E-state index is 10.9. The molecule has 2 aromatic carbocycles. The van der Waals surface area contributed by atoms with Crippen molar-refractivity contribution < 1.29 is 9.90 Å². The first-order valence-corrected chi connectivity index (χ1v) is 13.4. The Labute approximate surface area is 217 Å². The standard InChI is InChI=1S/C20H17N3.C10H18N2O2/c21-18-16-12-13-4-1-2-5-14(13)15(16)6-7-17(18)20(8-9-20)19-22-10-3-11-23-19;11-9-3-4-12(5-7-1-2-7)6-8(9)10(13)14/h1-7,10-11H,8-9,12,21H2;7-9H,1-6,11H2,(H,13,14)/t;8-,9-/m.0/s1. The van der Waals surface area contributed by atoms with E-state index in [-0.39, 0.29) is 17.4 Å². The number of carboxylic acids is 1. The molecule has 0 bridgehead atoms. The number of fused-ring (bicyclic) bond motifs is 3. The number of carboxylic acid groups (broad SMARTS) is 1. The molecule has 0 amide bonds. The quantitative estimate of drug-likeness (QED) is 0.359. The van der Waals surface area contributed by atoms with Crippen molar-refractivity contribution in [2.45, 2.75) is 50.0 Å². The van der Waals surface area contributed by atoms with Crippen LogP contribution in [0.1, 0.15) is 54.6 Å². The number of likely N-dealkylation sites (tertiary alicyclic amines) is 1. The molecule has 5 N–H and O–H groups in total. The summed E-state index contributed by atoms with van der Waals surface area (Å²) in [4.78, 5) is 22.2. The first kappa shape index (κ1) is 24.1. The van der Waals surface area contributed by atoms with Crippen LogP contribution in [-0.2, 0) is 16.6 Å². The molecule has 2 saturated carbocycles. The SMILES string of the molecule is N[C@H]1CCN(CC2CC2)C[C@@H]1C(=O)O.Nc1c(C2(c3ncccn3)CC2)ccc2c1Cc1ccccc1-2. The van der Waals surface area contributed by atoms with Crippen molar-refractivity contribution in [1.82, 2.24) is 14.9 Å². The molecule has 1 saturated heterocycles. The van der Waals surface area contributed by atoms with E-state index in [1.807, 2.05) is 18.5 Å². The smallest absolute Gasteiger partial charge is 0.309 e. The summed E-state index contributed by atoms with van der Waals surface area (Å²) in [6, 6.07) is 14.7. The molecular weight excluding hydrogens is 462 g/mol. The highest BCUT2D eigenvalue weighted by Gasteiger charge is 2.50. The third-order valence-electron chi connectivity index (χ3n) is 8.57. The lowest BCUT2D eigenvalue weighted by atomic mass is 9.89. The van der Waals surface area contributed by atoms with E-state index in [1.54, 1.807) is 0 Å². The number of nitrogens with two attached hydrogens (primary N) is 2. The maximum Gasteiger partial charge on any atom is 0.309 e. The Morgan fingerprint density at radius 1 is 1.03 bits per heavy atom. The highest BCUT2D eigenvalue weighted by Crippen LogP contribution is 2.55. The second-order valence-electron chi connectivity index (χ2n) is 11.1. The minimum atomic E-state index is -0.738. The van der Waals surface area contributed by atoms with Gasteiger partial charge in [-0.2, -0.15) is 0 Å². The van der Waals surface area contributed by atoms with Gasteiger partial charge in [-0.1, -0.05) is 36.4 Å². The number of anilines is 1. The Bertz CT molecular complexity index is 1300. The van der Waals surface area contributed by atoms with Crippen LogP contribution in [-0.4, -0.2) is 51.6 Å². The van der Waals surface area contributed by atoms with Crippen molar-refractivity contribution in [3.05, 3.63) is 77.4 Å². The number of aliphatic carboxylic acids is 1. The lowest BCUT2D eigenvalue weighted by Crippen LogP contribution is -2.50. The van der Waals surface area contributed by atoms with E-state index in [0.717, 1.165) is 56.2 Å². The zero-order chi connectivity index (χ0) is 25.6. The third kappa shape index (κ3) is 4.62. The molecule has 0 spiro atoms. The lowest BCUT2D eigenvalue weighted by Gasteiger charge is -2.34. The summed E-state index contributed by atoms with van der Waals surface area (Å²) in [6.45, 7) is 2.70. The van der Waals surface area contributed by atoms with Gasteiger partial charge in [-0.15, -0.1) is 0 Å². The first-order valence-electron chi connectivity index (χ1n) is 13.4. The molecule has 0 unspecified atom stereocenters. The Morgan fingerprint density at radius 3 is 2.49 bits per heavy atom. The minimum Gasteiger partial charge on any atom is -0.481 e. The zero-order valence-electron chi connectivity index (χ0n) is 21.1. The van der Waals surface area contributed by atoms with Gasteiger partial charge in [-0.05, 0) is 78.5 Å². The van der Waals surface area contributed by atoms with E-state index in [1.165, 1.54) is 40.7 Å². The average molecular weight is 498 g/mol. The van der Waals surface area contributed by atoms with Gasteiger partial charge in [-0.3, -0.25) is 4.79 Å². The molecule has 7 rings (SSSR count). The van der Waals surface area contributed by atoms with Crippen molar-refractivity contribution >= 4 is 11.7 Å². The molecule has 2 atom stereocenters. The van der Waals surface area contributed by atoms with Crippen LogP contribution in [0.25, 0.3) is 11.1 Å². The van der Waals surface area contributed by atoms with Gasteiger partial charge in [0.25, 0.3) is 0 Å². The van der Waals surface area contributed by atoms with Gasteiger partial charge in [0.1, 0.15) is 5.82 Å². The molecule has 37 heavy (non-hydrogen) atoms. The normalized spacial score (nSPS) is 23.4. The van der Waals surface area contributed by atoms with Crippen molar-refractivity contribution in [1.29, 1.82) is 0 Å². The highest BCUT2D eigenvalue weighted by atomic mass is 16.4. The number of aromatic nitrogens is 2. The van der Waals surface area contributed by atoms with Gasteiger partial charge in [0.2, 0.25) is 0 Å². The number of hydrogen-bond acceptors (Lipinski definition) is 6. The lowest BCUT2D eigenvalue weighted by molar-refractivity contribution is -0.144. The van der Waals surface area contributed by atoms with Gasteiger partial charge < -0.3 is 21.5 Å². The van der Waals surface area contributed by atoms with E-state index in [9.17, 15) is 4.79 Å². The van der Waals surface area contributed by atoms with Gasteiger partial charge in [-0.25, -0.2) is 9.97 Å². The van der Waals surface area contributed by atoms with Gasteiger partial charge >= 0.3 is 5.97 Å². The predicted octanol–water partition coefficient (Wildman–Crippen LogP) is 3.84. The molecule has 4 aliphatic rings. The number of nitrogen functional groups attached to an aromatic ring is 1. The third-order valence-corrected chi connectivity index (χ3v) is 8.57. The predicted molar refractivity (Wildman–Crippen MR) is 144 cm³/mol. The van der Waals surface area contributed by atoms with E-state index in [2.05, 4.69) is 51.3 Å². The van der Waals surface area contributed by atoms with Crippen LogP contribution in [0.5, 0.6) is 0 Å².